The molecule has 0 spiro atoms. The molecule has 0 bridgehead atoms. The first kappa shape index (κ1) is 13.3. The lowest BCUT2D eigenvalue weighted by Crippen LogP contribution is -2.02. The highest BCUT2D eigenvalue weighted by Crippen LogP contribution is 2.30. The molecular weight excluding hydrogens is 314 g/mol. The molecule has 0 fully saturated rings. The fourth-order valence-electron chi connectivity index (χ4n) is 1.56. The molecular formula is C12H14BrN3OS. The van der Waals surface area contributed by atoms with Gasteiger partial charge in [-0.25, -0.2) is 0 Å². The number of aromatic nitrogens is 2. The maximum absolute atomic E-state index is 5.78. The number of halogens is 1. The Morgan fingerprint density at radius 3 is 2.83 bits per heavy atom. The molecule has 0 saturated heterocycles. The number of nitrogen functional groups attached to an aromatic ring is 1. The van der Waals surface area contributed by atoms with Crippen molar-refractivity contribution >= 4 is 32.5 Å². The number of nitrogens with zero attached hydrogens (tertiary/aromatic N) is 2. The van der Waals surface area contributed by atoms with Crippen LogP contribution in [-0.4, -0.2) is 9.59 Å². The van der Waals surface area contributed by atoms with E-state index in [1.165, 1.54) is 11.5 Å². The van der Waals surface area contributed by atoms with Crippen LogP contribution in [-0.2, 0) is 6.61 Å². The second-order valence-corrected chi connectivity index (χ2v) is 5.91. The molecule has 4 nitrogen and oxygen atoms in total. The van der Waals surface area contributed by atoms with E-state index in [4.69, 9.17) is 10.5 Å². The molecule has 1 heterocycles. The molecule has 0 aliphatic heterocycles. The Labute approximate surface area is 118 Å². The summed E-state index contributed by atoms with van der Waals surface area (Å²) in [5, 5.41) is 4.54. The first-order chi connectivity index (χ1) is 8.58. The number of hydrogen-bond donors (Lipinski definition) is 1. The number of nitrogens with two attached hydrogens (primary N) is 1. The summed E-state index contributed by atoms with van der Waals surface area (Å²) in [6.45, 7) is 4.62. The number of rotatable bonds is 4. The zero-order valence-electron chi connectivity index (χ0n) is 10.2. The van der Waals surface area contributed by atoms with Crippen LogP contribution in [0, 0.1) is 0 Å². The first-order valence-corrected chi connectivity index (χ1v) is 7.13. The third kappa shape index (κ3) is 3.00. The number of ether oxygens (including phenoxy) is 1. The molecule has 0 aliphatic carbocycles. The van der Waals surface area contributed by atoms with Crippen molar-refractivity contribution in [1.82, 2.24) is 9.59 Å². The second kappa shape index (κ2) is 5.67. The van der Waals surface area contributed by atoms with Gasteiger partial charge >= 0.3 is 0 Å². The summed E-state index contributed by atoms with van der Waals surface area (Å²) in [5.74, 6) is 1.25. The Hall–Kier alpha value is -1.14. The molecule has 1 aromatic carbocycles. The normalized spacial score (nSPS) is 10.9. The fraction of sp³-hybridized carbons (Fsp3) is 0.333. The molecule has 2 aromatic rings. The Morgan fingerprint density at radius 1 is 1.44 bits per heavy atom. The maximum Gasteiger partial charge on any atom is 0.136 e. The third-order valence-corrected chi connectivity index (χ3v) is 3.63. The molecule has 96 valence electrons. The summed E-state index contributed by atoms with van der Waals surface area (Å²) in [6.07, 6.45) is 0. The lowest BCUT2D eigenvalue weighted by atomic mass is 10.0. The molecule has 0 aliphatic rings. The summed E-state index contributed by atoms with van der Waals surface area (Å²) in [7, 11) is 0. The molecule has 6 heteroatoms. The molecule has 1 aromatic heterocycles. The van der Waals surface area contributed by atoms with Gasteiger partial charge in [0.15, 0.2) is 0 Å². The van der Waals surface area contributed by atoms with Gasteiger partial charge in [0.1, 0.15) is 23.1 Å². The van der Waals surface area contributed by atoms with Gasteiger partial charge in [0.2, 0.25) is 0 Å². The van der Waals surface area contributed by atoms with E-state index in [-0.39, 0.29) is 0 Å². The lowest BCUT2D eigenvalue weighted by Gasteiger charge is -2.13. The van der Waals surface area contributed by atoms with Crippen LogP contribution in [0.2, 0.25) is 0 Å². The monoisotopic (exact) mass is 327 g/mol. The molecule has 0 saturated carbocycles. The van der Waals surface area contributed by atoms with E-state index in [9.17, 15) is 0 Å². The Kier molecular flexibility index (Phi) is 4.19. The summed E-state index contributed by atoms with van der Waals surface area (Å²) in [6, 6.07) is 5.99. The topological polar surface area (TPSA) is 61.0 Å². The highest BCUT2D eigenvalue weighted by Gasteiger charge is 2.11. The van der Waals surface area contributed by atoms with Gasteiger partial charge in [-0.1, -0.05) is 34.3 Å². The summed E-state index contributed by atoms with van der Waals surface area (Å²) in [5.41, 5.74) is 7.58. The van der Waals surface area contributed by atoms with Crippen LogP contribution in [0.3, 0.4) is 0 Å². The van der Waals surface area contributed by atoms with Gasteiger partial charge in [-0.15, -0.1) is 5.10 Å². The Morgan fingerprint density at radius 2 is 2.22 bits per heavy atom. The van der Waals surface area contributed by atoms with E-state index < -0.39 is 0 Å². The van der Waals surface area contributed by atoms with E-state index in [0.717, 1.165) is 15.8 Å². The largest absolute Gasteiger partial charge is 0.487 e. The van der Waals surface area contributed by atoms with Gasteiger partial charge in [-0.3, -0.25) is 0 Å². The van der Waals surface area contributed by atoms with E-state index in [1.54, 1.807) is 0 Å². The molecule has 0 unspecified atom stereocenters. The molecule has 18 heavy (non-hydrogen) atoms. The first-order valence-electron chi connectivity index (χ1n) is 5.57. The lowest BCUT2D eigenvalue weighted by molar-refractivity contribution is 0.297. The average molecular weight is 328 g/mol. The van der Waals surface area contributed by atoms with Crippen molar-refractivity contribution in [3.05, 3.63) is 33.9 Å². The van der Waals surface area contributed by atoms with Crippen LogP contribution < -0.4 is 10.5 Å². The third-order valence-electron chi connectivity index (χ3n) is 2.54. The highest BCUT2D eigenvalue weighted by molar-refractivity contribution is 9.10. The van der Waals surface area contributed by atoms with Crippen molar-refractivity contribution in [2.75, 3.05) is 5.73 Å². The smallest absolute Gasteiger partial charge is 0.136 e. The zero-order chi connectivity index (χ0) is 13.1. The van der Waals surface area contributed by atoms with Crippen LogP contribution in [0.25, 0.3) is 0 Å². The van der Waals surface area contributed by atoms with Crippen molar-refractivity contribution in [2.45, 2.75) is 26.4 Å². The minimum atomic E-state index is 0.351. The van der Waals surface area contributed by atoms with Gasteiger partial charge in [0.05, 0.1) is 0 Å². The minimum Gasteiger partial charge on any atom is -0.487 e. The van der Waals surface area contributed by atoms with Crippen LogP contribution in [0.5, 0.6) is 5.75 Å². The van der Waals surface area contributed by atoms with Crippen LogP contribution >= 0.6 is 27.5 Å². The predicted molar refractivity (Wildman–Crippen MR) is 76.9 cm³/mol. The average Bonchev–Trinajstić information content (AvgIpc) is 2.73. The minimum absolute atomic E-state index is 0.351. The van der Waals surface area contributed by atoms with Crippen molar-refractivity contribution < 1.29 is 4.74 Å². The standard InChI is InChI=1S/C12H14BrN3OS/c1-7(2)9-5-8(13)3-4-11(9)17-6-10-12(14)18-16-15-10/h3-5,7H,6,14H2,1-2H3. The van der Waals surface area contributed by atoms with Crippen LogP contribution in [0.15, 0.2) is 22.7 Å². The SMILES string of the molecule is CC(C)c1cc(Br)ccc1OCc1nnsc1N. The van der Waals surface area contributed by atoms with Crippen LogP contribution in [0.1, 0.15) is 31.0 Å². The highest BCUT2D eigenvalue weighted by atomic mass is 79.9. The van der Waals surface area contributed by atoms with E-state index in [2.05, 4.69) is 45.4 Å². The summed E-state index contributed by atoms with van der Waals surface area (Å²) >= 11 is 4.65. The maximum atomic E-state index is 5.78. The fourth-order valence-corrected chi connectivity index (χ4v) is 2.37. The summed E-state index contributed by atoms with van der Waals surface area (Å²) < 4.78 is 10.6. The van der Waals surface area contributed by atoms with Crippen molar-refractivity contribution in [1.29, 1.82) is 0 Å². The number of anilines is 1. The van der Waals surface area contributed by atoms with Gasteiger partial charge in [0.25, 0.3) is 0 Å². The van der Waals surface area contributed by atoms with E-state index in [1.807, 2.05) is 12.1 Å². The van der Waals surface area contributed by atoms with E-state index in [0.29, 0.717) is 23.2 Å². The molecule has 0 radical (unpaired) electrons. The van der Waals surface area contributed by atoms with Gasteiger partial charge < -0.3 is 10.5 Å². The molecule has 0 amide bonds. The van der Waals surface area contributed by atoms with Crippen molar-refractivity contribution in [2.24, 2.45) is 0 Å². The Bertz CT molecular complexity index is 542. The number of benzene rings is 1. The van der Waals surface area contributed by atoms with Crippen LogP contribution in [0.4, 0.5) is 5.00 Å². The van der Waals surface area contributed by atoms with Gasteiger partial charge in [-0.2, -0.15) is 0 Å². The zero-order valence-corrected chi connectivity index (χ0v) is 12.6. The molecule has 0 atom stereocenters. The van der Waals surface area contributed by atoms with Crippen molar-refractivity contribution in [3.63, 3.8) is 0 Å². The summed E-state index contributed by atoms with van der Waals surface area (Å²) in [4.78, 5) is 0. The number of hydrogen-bond acceptors (Lipinski definition) is 5. The molecule has 2 N–H and O–H groups in total. The van der Waals surface area contributed by atoms with Crippen molar-refractivity contribution in [3.8, 4) is 5.75 Å². The quantitative estimate of drug-likeness (QED) is 0.932. The van der Waals surface area contributed by atoms with Gasteiger partial charge in [-0.05, 0) is 29.7 Å². The Balaban J connectivity index is 2.16. The van der Waals surface area contributed by atoms with E-state index >= 15 is 0 Å². The second-order valence-electron chi connectivity index (χ2n) is 4.21. The molecule has 2 rings (SSSR count). The van der Waals surface area contributed by atoms with Gasteiger partial charge in [0, 0.05) is 16.0 Å². The predicted octanol–water partition coefficient (Wildman–Crippen LogP) is 3.59.